The van der Waals surface area contributed by atoms with Crippen molar-refractivity contribution in [3.63, 3.8) is 0 Å². The lowest BCUT2D eigenvalue weighted by Crippen LogP contribution is -2.03. The second-order valence-corrected chi connectivity index (χ2v) is 4.04. The van der Waals surface area contributed by atoms with E-state index in [-0.39, 0.29) is 11.3 Å². The number of allylic oxidation sites excluding steroid dienone is 2. The zero-order chi connectivity index (χ0) is 15.2. The molecular formula is C12H5ClN8. The zero-order valence-corrected chi connectivity index (χ0v) is 11.1. The maximum Gasteiger partial charge on any atom is 0.163 e. The van der Waals surface area contributed by atoms with E-state index in [0.29, 0.717) is 16.4 Å². The average molecular weight is 297 g/mol. The van der Waals surface area contributed by atoms with Crippen LogP contribution in [-0.2, 0) is 0 Å². The van der Waals surface area contributed by atoms with E-state index in [0.717, 1.165) is 0 Å². The fourth-order valence-corrected chi connectivity index (χ4v) is 1.61. The predicted octanol–water partition coefficient (Wildman–Crippen LogP) is 1.55. The minimum atomic E-state index is -0.332. The summed E-state index contributed by atoms with van der Waals surface area (Å²) in [5.41, 5.74) is 0.432. The van der Waals surface area contributed by atoms with Crippen LogP contribution in [-0.4, -0.2) is 20.2 Å². The Morgan fingerprint density at radius 2 is 1.95 bits per heavy atom. The van der Waals surface area contributed by atoms with Crippen LogP contribution in [0.3, 0.4) is 0 Å². The van der Waals surface area contributed by atoms with Crippen molar-refractivity contribution in [3.8, 4) is 23.9 Å². The van der Waals surface area contributed by atoms with Crippen LogP contribution in [0.4, 0.5) is 5.69 Å². The number of benzene rings is 1. The van der Waals surface area contributed by atoms with Gasteiger partial charge in [-0.1, -0.05) is 11.6 Å². The van der Waals surface area contributed by atoms with Crippen LogP contribution in [0.25, 0.3) is 5.69 Å². The van der Waals surface area contributed by atoms with Gasteiger partial charge in [-0.3, -0.25) is 0 Å². The molecule has 0 atom stereocenters. The van der Waals surface area contributed by atoms with E-state index in [1.807, 2.05) is 0 Å². The van der Waals surface area contributed by atoms with Gasteiger partial charge < -0.3 is 5.32 Å². The lowest BCUT2D eigenvalue weighted by atomic mass is 10.2. The molecule has 2 rings (SSSR count). The Kier molecular flexibility index (Phi) is 4.11. The van der Waals surface area contributed by atoms with Crippen LogP contribution in [0.5, 0.6) is 0 Å². The maximum atomic E-state index is 9.01. The number of hydrogen-bond acceptors (Lipinski definition) is 7. The first-order valence-electron chi connectivity index (χ1n) is 5.44. The van der Waals surface area contributed by atoms with Crippen molar-refractivity contribution >= 4 is 17.3 Å². The molecule has 0 aliphatic heterocycles. The first-order chi connectivity index (χ1) is 10.2. The number of aromatic nitrogens is 4. The number of anilines is 1. The molecule has 0 radical (unpaired) electrons. The summed E-state index contributed by atoms with van der Waals surface area (Å²) < 4.78 is 1.40. The van der Waals surface area contributed by atoms with Gasteiger partial charge in [0.25, 0.3) is 0 Å². The molecule has 9 heteroatoms. The molecule has 21 heavy (non-hydrogen) atoms. The molecular weight excluding hydrogens is 292 g/mol. The van der Waals surface area contributed by atoms with E-state index < -0.39 is 0 Å². The smallest absolute Gasteiger partial charge is 0.163 e. The maximum absolute atomic E-state index is 9.01. The van der Waals surface area contributed by atoms with Gasteiger partial charge >= 0.3 is 0 Å². The van der Waals surface area contributed by atoms with E-state index in [1.54, 1.807) is 36.4 Å². The summed E-state index contributed by atoms with van der Waals surface area (Å²) in [6, 6.07) is 9.87. The molecule has 1 aromatic heterocycles. The van der Waals surface area contributed by atoms with E-state index in [4.69, 9.17) is 27.4 Å². The molecule has 1 heterocycles. The third-order valence-corrected chi connectivity index (χ3v) is 2.74. The highest BCUT2D eigenvalue weighted by Gasteiger charge is 2.10. The molecule has 0 unspecified atom stereocenters. The number of nitrogens with zero attached hydrogens (tertiary/aromatic N) is 7. The Bertz CT molecular complexity index is 800. The van der Waals surface area contributed by atoms with Gasteiger partial charge in [-0.05, 0) is 28.6 Å². The summed E-state index contributed by atoms with van der Waals surface area (Å²) in [6.45, 7) is 0. The second kappa shape index (κ2) is 6.16. The number of tetrazole rings is 1. The minimum Gasteiger partial charge on any atom is -0.344 e. The normalized spacial score (nSPS) is 9.05. The molecule has 0 amide bonds. The lowest BCUT2D eigenvalue weighted by Gasteiger charge is -2.09. The standard InChI is InChI=1S/C12H5ClN8/c13-10-2-1-9(21-7-17-19-20-21)3-11(10)18-12(6-16)8(4-14)5-15/h1-3,7,18H. The molecule has 0 spiro atoms. The zero-order valence-electron chi connectivity index (χ0n) is 10.3. The summed E-state index contributed by atoms with van der Waals surface area (Å²) in [7, 11) is 0. The van der Waals surface area contributed by atoms with Crippen LogP contribution >= 0.6 is 11.6 Å². The molecule has 0 saturated heterocycles. The van der Waals surface area contributed by atoms with E-state index in [2.05, 4.69) is 20.8 Å². The summed E-state index contributed by atoms with van der Waals surface area (Å²) in [6.07, 6.45) is 1.39. The molecule has 1 aromatic carbocycles. The van der Waals surface area contributed by atoms with Crippen LogP contribution in [0.15, 0.2) is 35.8 Å². The predicted molar refractivity (Wildman–Crippen MR) is 71.7 cm³/mol. The molecule has 0 saturated carbocycles. The second-order valence-electron chi connectivity index (χ2n) is 3.63. The number of hydrogen-bond donors (Lipinski definition) is 1. The SMILES string of the molecule is N#CC(C#N)=C(C#N)Nc1cc(-n2cnnn2)ccc1Cl. The van der Waals surface area contributed by atoms with Gasteiger partial charge in [0.1, 0.15) is 30.2 Å². The Hall–Kier alpha value is -3.41. The van der Waals surface area contributed by atoms with Crippen LogP contribution < -0.4 is 5.32 Å². The van der Waals surface area contributed by atoms with Crippen molar-refractivity contribution in [2.45, 2.75) is 0 Å². The quantitative estimate of drug-likeness (QED) is 0.851. The van der Waals surface area contributed by atoms with Crippen molar-refractivity contribution < 1.29 is 0 Å². The fraction of sp³-hybridized carbons (Fsp3) is 0. The minimum absolute atomic E-state index is 0.184. The van der Waals surface area contributed by atoms with Crippen LogP contribution in [0.1, 0.15) is 0 Å². The third kappa shape index (κ3) is 2.95. The topological polar surface area (TPSA) is 127 Å². The Morgan fingerprint density at radius 3 is 2.52 bits per heavy atom. The van der Waals surface area contributed by atoms with Crippen molar-refractivity contribution in [2.75, 3.05) is 5.32 Å². The highest BCUT2D eigenvalue weighted by atomic mass is 35.5. The number of halogens is 1. The molecule has 0 bridgehead atoms. The van der Waals surface area contributed by atoms with Gasteiger partial charge in [-0.15, -0.1) is 5.10 Å². The van der Waals surface area contributed by atoms with E-state index in [9.17, 15) is 0 Å². The summed E-state index contributed by atoms with van der Waals surface area (Å²) >= 11 is 6.03. The largest absolute Gasteiger partial charge is 0.344 e. The molecule has 1 N–H and O–H groups in total. The number of nitriles is 3. The van der Waals surface area contributed by atoms with Crippen molar-refractivity contribution in [1.29, 1.82) is 15.8 Å². The molecule has 0 aliphatic carbocycles. The van der Waals surface area contributed by atoms with E-state index in [1.165, 1.54) is 11.0 Å². The number of rotatable bonds is 3. The van der Waals surface area contributed by atoms with Gasteiger partial charge in [0.15, 0.2) is 5.57 Å². The van der Waals surface area contributed by atoms with Crippen molar-refractivity contribution in [1.82, 2.24) is 20.2 Å². The van der Waals surface area contributed by atoms with Gasteiger partial charge in [0, 0.05) is 0 Å². The van der Waals surface area contributed by atoms with Gasteiger partial charge in [-0.25, -0.2) is 4.68 Å². The fourth-order valence-electron chi connectivity index (χ4n) is 1.45. The Balaban J connectivity index is 2.44. The monoisotopic (exact) mass is 296 g/mol. The average Bonchev–Trinajstić information content (AvgIpc) is 3.03. The molecule has 2 aromatic rings. The molecule has 0 fully saturated rings. The van der Waals surface area contributed by atoms with Gasteiger partial charge in [0.2, 0.25) is 0 Å². The van der Waals surface area contributed by atoms with Gasteiger partial charge in [0.05, 0.1) is 16.4 Å². The van der Waals surface area contributed by atoms with Gasteiger partial charge in [-0.2, -0.15) is 15.8 Å². The first-order valence-corrected chi connectivity index (χ1v) is 5.82. The Morgan fingerprint density at radius 1 is 1.19 bits per heavy atom. The van der Waals surface area contributed by atoms with E-state index >= 15 is 0 Å². The van der Waals surface area contributed by atoms with Crippen molar-refractivity contribution in [3.05, 3.63) is 40.8 Å². The summed E-state index contributed by atoms with van der Waals surface area (Å²) in [5.74, 6) is 0. The third-order valence-electron chi connectivity index (χ3n) is 2.41. The highest BCUT2D eigenvalue weighted by molar-refractivity contribution is 6.33. The molecule has 100 valence electrons. The van der Waals surface area contributed by atoms with Crippen LogP contribution in [0.2, 0.25) is 5.02 Å². The van der Waals surface area contributed by atoms with Crippen LogP contribution in [0, 0.1) is 34.0 Å². The lowest BCUT2D eigenvalue weighted by molar-refractivity contribution is 0.789. The van der Waals surface area contributed by atoms with Crippen molar-refractivity contribution in [2.24, 2.45) is 0 Å². The Labute approximate surface area is 124 Å². The molecule has 0 aliphatic rings. The number of nitrogens with one attached hydrogen (secondary N) is 1. The molecule has 8 nitrogen and oxygen atoms in total. The summed E-state index contributed by atoms with van der Waals surface area (Å²) in [5, 5.41) is 40.3. The first kappa shape index (κ1) is 14.0. The summed E-state index contributed by atoms with van der Waals surface area (Å²) in [4.78, 5) is 0. The highest BCUT2D eigenvalue weighted by Crippen LogP contribution is 2.26.